The average Bonchev–Trinajstić information content (AvgIpc) is 1.82. The summed E-state index contributed by atoms with van der Waals surface area (Å²) in [5.41, 5.74) is 0. The molecule has 0 rings (SSSR count). The van der Waals surface area contributed by atoms with Crippen molar-refractivity contribution in [3.8, 4) is 0 Å². The van der Waals surface area contributed by atoms with E-state index in [-0.39, 0.29) is 12.4 Å². The van der Waals surface area contributed by atoms with Crippen LogP contribution in [0.1, 0.15) is 6.92 Å². The Kier molecular flexibility index (Phi) is 4.44. The maximum Gasteiger partial charge on any atom is 0.293 e. The molecule has 0 spiro atoms. The molecule has 0 saturated carbocycles. The molecule has 0 radical (unpaired) electrons. The lowest BCUT2D eigenvalue weighted by atomic mass is 10.3. The van der Waals surface area contributed by atoms with Crippen molar-refractivity contribution in [1.29, 1.82) is 0 Å². The zero-order chi connectivity index (χ0) is 7.28. The van der Waals surface area contributed by atoms with Crippen LogP contribution in [-0.4, -0.2) is 29.7 Å². The van der Waals surface area contributed by atoms with Gasteiger partial charge in [-0.05, 0) is 6.92 Å². The van der Waals surface area contributed by atoms with Crippen LogP contribution < -0.4 is 0 Å². The van der Waals surface area contributed by atoms with Gasteiger partial charge >= 0.3 is 0 Å². The molecule has 54 valence electrons. The Bertz CT molecular complexity index is 84.3. The van der Waals surface area contributed by atoms with Gasteiger partial charge in [0.05, 0.1) is 12.0 Å². The molecular weight excluding hydrogens is 144 g/mol. The first kappa shape index (κ1) is 8.72. The summed E-state index contributed by atoms with van der Waals surface area (Å²) in [4.78, 5) is 9.69. The highest BCUT2D eigenvalue weighted by Gasteiger charge is 2.13. The van der Waals surface area contributed by atoms with Gasteiger partial charge in [0.2, 0.25) is 0 Å². The summed E-state index contributed by atoms with van der Waals surface area (Å²) in [6, 6.07) is 0. The van der Waals surface area contributed by atoms with Crippen LogP contribution in [-0.2, 0) is 9.53 Å². The van der Waals surface area contributed by atoms with Crippen molar-refractivity contribution < 1.29 is 14.6 Å². The molecule has 9 heavy (non-hydrogen) atoms. The molecule has 0 heterocycles. The summed E-state index contributed by atoms with van der Waals surface area (Å²) < 4.78 is 4.39. The van der Waals surface area contributed by atoms with E-state index in [0.29, 0.717) is 0 Å². The van der Waals surface area contributed by atoms with Gasteiger partial charge in [-0.3, -0.25) is 4.79 Å². The zero-order valence-electron chi connectivity index (χ0n) is 5.08. The second-order valence-corrected chi connectivity index (χ2v) is 1.97. The van der Waals surface area contributed by atoms with E-state index in [1.54, 1.807) is 0 Å². The van der Waals surface area contributed by atoms with Crippen molar-refractivity contribution in [2.24, 2.45) is 0 Å². The summed E-state index contributed by atoms with van der Waals surface area (Å²) in [5.74, 6) is 0.121. The smallest absolute Gasteiger partial charge is 0.293 e. The molecule has 0 bridgehead atoms. The SMILES string of the molecule is C[C@@H](O)[C@H](CCl)OC=O. The molecule has 0 saturated heterocycles. The van der Waals surface area contributed by atoms with Gasteiger partial charge in [0, 0.05) is 0 Å². The van der Waals surface area contributed by atoms with Gasteiger partial charge in [0.15, 0.2) is 0 Å². The summed E-state index contributed by atoms with van der Waals surface area (Å²) in [7, 11) is 0. The van der Waals surface area contributed by atoms with Crippen molar-refractivity contribution in [2.75, 3.05) is 5.88 Å². The summed E-state index contributed by atoms with van der Waals surface area (Å²) in [6.45, 7) is 1.79. The first-order valence-electron chi connectivity index (χ1n) is 2.55. The van der Waals surface area contributed by atoms with Gasteiger partial charge in [-0.25, -0.2) is 0 Å². The monoisotopic (exact) mass is 152 g/mol. The minimum Gasteiger partial charge on any atom is -0.461 e. The third-order valence-electron chi connectivity index (χ3n) is 0.920. The second kappa shape index (κ2) is 4.58. The Morgan fingerprint density at radius 2 is 2.44 bits per heavy atom. The highest BCUT2D eigenvalue weighted by atomic mass is 35.5. The molecule has 2 atom stereocenters. The average molecular weight is 153 g/mol. The fraction of sp³-hybridized carbons (Fsp3) is 0.800. The van der Waals surface area contributed by atoms with E-state index in [1.807, 2.05) is 0 Å². The Balaban J connectivity index is 3.53. The van der Waals surface area contributed by atoms with Gasteiger partial charge in [-0.2, -0.15) is 0 Å². The number of halogens is 1. The lowest BCUT2D eigenvalue weighted by Gasteiger charge is -2.13. The molecule has 1 N–H and O–H groups in total. The molecule has 0 aromatic heterocycles. The number of rotatable bonds is 4. The lowest BCUT2D eigenvalue weighted by Crippen LogP contribution is -2.27. The zero-order valence-corrected chi connectivity index (χ0v) is 5.84. The Morgan fingerprint density at radius 1 is 1.89 bits per heavy atom. The van der Waals surface area contributed by atoms with E-state index in [4.69, 9.17) is 16.7 Å². The van der Waals surface area contributed by atoms with Crippen LogP contribution in [0.25, 0.3) is 0 Å². The van der Waals surface area contributed by atoms with E-state index in [2.05, 4.69) is 4.74 Å². The molecule has 0 fully saturated rings. The number of hydrogen-bond donors (Lipinski definition) is 1. The maximum absolute atomic E-state index is 9.69. The van der Waals surface area contributed by atoms with E-state index < -0.39 is 12.2 Å². The van der Waals surface area contributed by atoms with Crippen molar-refractivity contribution in [3.63, 3.8) is 0 Å². The normalized spacial score (nSPS) is 16.3. The van der Waals surface area contributed by atoms with Gasteiger partial charge in [0.1, 0.15) is 6.10 Å². The standard InChI is InChI=1S/C5H9ClO3/c1-4(8)5(2-6)9-3-7/h3-5,8H,2H2,1H3/t4-,5+/m1/s1. The van der Waals surface area contributed by atoms with E-state index in [9.17, 15) is 4.79 Å². The topological polar surface area (TPSA) is 46.5 Å². The van der Waals surface area contributed by atoms with Gasteiger partial charge in [0.25, 0.3) is 6.47 Å². The molecule has 0 aliphatic carbocycles. The van der Waals surface area contributed by atoms with Crippen LogP contribution in [0.5, 0.6) is 0 Å². The van der Waals surface area contributed by atoms with Crippen LogP contribution in [0, 0.1) is 0 Å². The molecule has 0 amide bonds. The maximum atomic E-state index is 9.69. The van der Waals surface area contributed by atoms with E-state index in [0.717, 1.165) is 0 Å². The molecule has 0 unspecified atom stereocenters. The van der Waals surface area contributed by atoms with Crippen molar-refractivity contribution in [1.82, 2.24) is 0 Å². The number of ether oxygens (including phenoxy) is 1. The van der Waals surface area contributed by atoms with E-state index in [1.165, 1.54) is 6.92 Å². The molecule has 0 aliphatic heterocycles. The van der Waals surface area contributed by atoms with Crippen LogP contribution in [0.4, 0.5) is 0 Å². The number of carbonyl (C=O) groups excluding carboxylic acids is 1. The highest BCUT2D eigenvalue weighted by molar-refractivity contribution is 6.18. The third kappa shape index (κ3) is 3.32. The summed E-state index contributed by atoms with van der Waals surface area (Å²) >= 11 is 5.30. The number of aliphatic hydroxyl groups excluding tert-OH is 1. The predicted octanol–water partition coefficient (Wildman–Crippen LogP) is 0.148. The number of carbonyl (C=O) groups is 1. The minimum absolute atomic E-state index is 0.121. The fourth-order valence-electron chi connectivity index (χ4n) is 0.350. The van der Waals surface area contributed by atoms with Crippen molar-refractivity contribution in [2.45, 2.75) is 19.1 Å². The lowest BCUT2D eigenvalue weighted by molar-refractivity contribution is -0.137. The number of hydrogen-bond acceptors (Lipinski definition) is 3. The van der Waals surface area contributed by atoms with E-state index >= 15 is 0 Å². The Labute approximate surface area is 58.6 Å². The summed E-state index contributed by atoms with van der Waals surface area (Å²) in [5, 5.41) is 8.77. The third-order valence-corrected chi connectivity index (χ3v) is 1.22. The molecule has 0 aliphatic rings. The largest absolute Gasteiger partial charge is 0.461 e. The predicted molar refractivity (Wildman–Crippen MR) is 33.3 cm³/mol. The second-order valence-electron chi connectivity index (χ2n) is 1.67. The summed E-state index contributed by atoms with van der Waals surface area (Å²) in [6.07, 6.45) is -1.28. The van der Waals surface area contributed by atoms with Crippen LogP contribution in [0.15, 0.2) is 0 Å². The first-order valence-corrected chi connectivity index (χ1v) is 3.09. The van der Waals surface area contributed by atoms with Crippen molar-refractivity contribution in [3.05, 3.63) is 0 Å². The molecule has 0 aromatic carbocycles. The van der Waals surface area contributed by atoms with Crippen molar-refractivity contribution >= 4 is 18.1 Å². The van der Waals surface area contributed by atoms with Crippen LogP contribution in [0.3, 0.4) is 0 Å². The quantitative estimate of drug-likeness (QED) is 0.461. The van der Waals surface area contributed by atoms with Gasteiger partial charge in [-0.15, -0.1) is 11.6 Å². The fourth-order valence-corrected chi connectivity index (χ4v) is 0.681. The first-order chi connectivity index (χ1) is 4.22. The number of alkyl halides is 1. The van der Waals surface area contributed by atoms with Crippen LogP contribution >= 0.6 is 11.6 Å². The number of aliphatic hydroxyl groups is 1. The molecule has 3 nitrogen and oxygen atoms in total. The molecule has 4 heteroatoms. The Morgan fingerprint density at radius 3 is 2.56 bits per heavy atom. The minimum atomic E-state index is -0.701. The molecule has 0 aromatic rings. The molecular formula is C5H9ClO3. The van der Waals surface area contributed by atoms with Gasteiger partial charge < -0.3 is 9.84 Å². The van der Waals surface area contributed by atoms with Gasteiger partial charge in [-0.1, -0.05) is 0 Å². The van der Waals surface area contributed by atoms with Crippen LogP contribution in [0.2, 0.25) is 0 Å². The Hall–Kier alpha value is -0.280. The highest BCUT2D eigenvalue weighted by Crippen LogP contribution is 1.98.